The smallest absolute Gasteiger partial charge is 0.106 e. The van der Waals surface area contributed by atoms with Crippen molar-refractivity contribution in [2.45, 2.75) is 85.1 Å². The lowest BCUT2D eigenvalue weighted by molar-refractivity contribution is 0.121. The van der Waals surface area contributed by atoms with E-state index < -0.39 is 22.6 Å². The topological polar surface area (TPSA) is 0 Å². The molecule has 0 nitrogen and oxygen atoms in total. The van der Waals surface area contributed by atoms with Gasteiger partial charge in [-0.05, 0) is 63.5 Å². The van der Waals surface area contributed by atoms with Crippen LogP contribution in [-0.2, 0) is 0 Å². The van der Waals surface area contributed by atoms with E-state index in [4.69, 9.17) is 12.6 Å². The average molecular weight is 442 g/mol. The normalized spacial score (nSPS) is 37.7. The van der Waals surface area contributed by atoms with Crippen molar-refractivity contribution in [2.24, 2.45) is 28.1 Å². The molecule has 2 fully saturated rings. The molecule has 2 rings (SSSR count). The first-order valence-electron chi connectivity index (χ1n) is 11.7. The van der Waals surface area contributed by atoms with Gasteiger partial charge >= 0.3 is 0 Å². The highest BCUT2D eigenvalue weighted by molar-refractivity contribution is 7.75. The van der Waals surface area contributed by atoms with Gasteiger partial charge in [-0.3, -0.25) is 0 Å². The van der Waals surface area contributed by atoms with Crippen molar-refractivity contribution >= 4 is 49.4 Å². The second kappa shape index (κ2) is 8.14. The summed E-state index contributed by atoms with van der Waals surface area (Å²) in [5, 5.41) is 1.19. The van der Waals surface area contributed by atoms with Crippen LogP contribution in [0.1, 0.15) is 68.7 Å². The highest BCUT2D eigenvalue weighted by Gasteiger charge is 2.81. The molecule has 0 bridgehead atoms. The van der Waals surface area contributed by atoms with Gasteiger partial charge in [0, 0.05) is 0 Å². The fourth-order valence-electron chi connectivity index (χ4n) is 7.32. The molecule has 0 saturated heterocycles. The van der Waals surface area contributed by atoms with E-state index in [1.807, 2.05) is 0 Å². The molecule has 0 aliphatic heterocycles. The fraction of sp³-hybridized carbons (Fsp3) is 0.875. The van der Waals surface area contributed by atoms with Crippen LogP contribution in [0.25, 0.3) is 0 Å². The number of hydrogen-bond acceptors (Lipinski definition) is 0. The van der Waals surface area contributed by atoms with E-state index in [1.165, 1.54) is 24.9 Å². The van der Waals surface area contributed by atoms with Crippen LogP contribution in [0.15, 0.2) is 0 Å². The average Bonchev–Trinajstić information content (AvgIpc) is 3.04. The van der Waals surface area contributed by atoms with Gasteiger partial charge in [0.15, 0.2) is 0 Å². The lowest BCUT2D eigenvalue weighted by Crippen LogP contribution is -2.36. The Labute approximate surface area is 181 Å². The fourth-order valence-corrected chi connectivity index (χ4v) is 17.8. The van der Waals surface area contributed by atoms with E-state index in [0.717, 1.165) is 23.1 Å². The van der Waals surface area contributed by atoms with Crippen LogP contribution in [-0.4, -0.2) is 55.8 Å². The first kappa shape index (κ1) is 25.2. The van der Waals surface area contributed by atoms with E-state index in [-0.39, 0.29) is 0 Å². The van der Waals surface area contributed by atoms with Crippen molar-refractivity contribution in [2.75, 3.05) is 18.5 Å². The minimum absolute atomic E-state index is 0.369. The van der Waals surface area contributed by atoms with Crippen LogP contribution in [0.3, 0.4) is 0 Å². The molecule has 8 atom stereocenters. The van der Waals surface area contributed by atoms with Crippen LogP contribution in [0.5, 0.6) is 0 Å². The van der Waals surface area contributed by atoms with Gasteiger partial charge in [-0.2, -0.15) is 0 Å². The van der Waals surface area contributed by atoms with Crippen LogP contribution in [0.4, 0.5) is 0 Å². The van der Waals surface area contributed by atoms with Crippen molar-refractivity contribution in [3.63, 3.8) is 0 Å². The highest BCUT2D eigenvalue weighted by Crippen LogP contribution is 2.88. The minimum atomic E-state index is -0.727. The molecule has 2 aliphatic carbocycles. The molecule has 28 heavy (non-hydrogen) atoms. The van der Waals surface area contributed by atoms with Gasteiger partial charge in [-0.1, -0.05) is 68.1 Å². The van der Waals surface area contributed by atoms with Gasteiger partial charge in [-0.25, -0.2) is 0 Å². The van der Waals surface area contributed by atoms with E-state index in [0.29, 0.717) is 21.4 Å². The second-order valence-electron chi connectivity index (χ2n) is 12.0. The van der Waals surface area contributed by atoms with E-state index in [2.05, 4.69) is 76.5 Å². The van der Waals surface area contributed by atoms with Gasteiger partial charge in [0.05, 0.1) is 0 Å². The quantitative estimate of drug-likeness (QED) is 0.295. The summed E-state index contributed by atoms with van der Waals surface area (Å²) in [6.45, 7) is 22.6. The third-order valence-corrected chi connectivity index (χ3v) is 20.1. The molecule has 2 saturated carbocycles. The third kappa shape index (κ3) is 3.71. The summed E-state index contributed by atoms with van der Waals surface area (Å²) in [5.41, 5.74) is 1.46. The summed E-state index contributed by atoms with van der Waals surface area (Å²) >= 11 is 0. The van der Waals surface area contributed by atoms with E-state index in [1.54, 1.807) is 0 Å². The predicted molar refractivity (Wildman–Crippen MR) is 150 cm³/mol. The van der Waals surface area contributed by atoms with Crippen LogP contribution in [0.2, 0.25) is 5.82 Å². The van der Waals surface area contributed by atoms with E-state index in [9.17, 15) is 0 Å². The maximum Gasteiger partial charge on any atom is 0.106 e. The highest BCUT2D eigenvalue weighted by atomic mass is 31.2. The van der Waals surface area contributed by atoms with Crippen molar-refractivity contribution in [1.82, 2.24) is 0 Å². The van der Waals surface area contributed by atoms with Crippen molar-refractivity contribution in [1.29, 1.82) is 0 Å². The zero-order valence-corrected chi connectivity index (χ0v) is 23.8. The number of hydrogen-bond donors (Lipinski definition) is 0. The number of fused-ring (bicyclic) bond motifs is 1. The van der Waals surface area contributed by atoms with E-state index >= 15 is 0 Å². The molecule has 0 aromatic heterocycles. The van der Waals surface area contributed by atoms with Gasteiger partial charge in [0.2, 0.25) is 0 Å². The largest absolute Gasteiger partial charge is 0.124 e. The van der Waals surface area contributed by atoms with Crippen LogP contribution in [0, 0.1) is 28.1 Å². The Hall–Kier alpha value is 0.965. The molecular weight excluding hydrogens is 392 g/mol. The Balaban J connectivity index is 2.34. The maximum atomic E-state index is 4.96. The molecule has 2 aliphatic rings. The summed E-state index contributed by atoms with van der Waals surface area (Å²) in [7, 11) is 0.804. The standard InChI is InChI=1S/C24H50BP3/c1-13-26(10)15-18(27(11)14-2)28(12)21(4,5)16-24-17(3)22(6,7)20(25)19(24)23(24,8)9/h17-20,26-28H,10-16,25H2,1-9H3. The SMILES string of the molecule is BC1C2C(C)(C)C2(CC(C)(C)[PH](=C)C(C[PH](=C)CC)[PH](=C)CC)C(C)C1(C)C. The zero-order valence-electron chi connectivity index (χ0n) is 20.8. The molecule has 0 radical (unpaired) electrons. The Morgan fingerprint density at radius 2 is 1.57 bits per heavy atom. The Morgan fingerprint density at radius 3 is 2.00 bits per heavy atom. The van der Waals surface area contributed by atoms with Crippen molar-refractivity contribution < 1.29 is 0 Å². The maximum absolute atomic E-state index is 4.96. The van der Waals surface area contributed by atoms with Crippen molar-refractivity contribution in [3.05, 3.63) is 0 Å². The van der Waals surface area contributed by atoms with Crippen LogP contribution < -0.4 is 0 Å². The molecule has 8 unspecified atom stereocenters. The molecule has 164 valence electrons. The van der Waals surface area contributed by atoms with Gasteiger partial charge in [-0.15, -0.1) is 41.5 Å². The molecule has 0 spiro atoms. The molecule has 0 N–H and O–H groups in total. The van der Waals surface area contributed by atoms with Gasteiger partial charge in [0.25, 0.3) is 0 Å². The summed E-state index contributed by atoms with van der Waals surface area (Å²) < 4.78 is 0. The summed E-state index contributed by atoms with van der Waals surface area (Å²) in [5.74, 6) is 2.50. The summed E-state index contributed by atoms with van der Waals surface area (Å²) in [6, 6.07) is 0. The first-order chi connectivity index (χ1) is 12.6. The first-order valence-corrected chi connectivity index (χ1v) is 17.6. The molecule has 0 amide bonds. The zero-order chi connectivity index (χ0) is 21.9. The second-order valence-corrected chi connectivity index (χ2v) is 21.0. The lowest BCUT2D eigenvalue weighted by atomic mass is 9.59. The van der Waals surface area contributed by atoms with Gasteiger partial charge in [0.1, 0.15) is 7.85 Å². The Bertz CT molecular complexity index is 671. The van der Waals surface area contributed by atoms with Crippen molar-refractivity contribution in [3.8, 4) is 0 Å². The lowest BCUT2D eigenvalue weighted by Gasteiger charge is -2.44. The summed E-state index contributed by atoms with van der Waals surface area (Å²) in [6.07, 6.45) is 19.5. The van der Waals surface area contributed by atoms with Gasteiger partial charge < -0.3 is 0 Å². The Morgan fingerprint density at radius 1 is 1.04 bits per heavy atom. The third-order valence-electron chi connectivity index (χ3n) is 9.98. The summed E-state index contributed by atoms with van der Waals surface area (Å²) in [4.78, 5) is 0. The molecule has 0 aromatic rings. The van der Waals surface area contributed by atoms with Crippen LogP contribution >= 0.6 is 22.6 Å². The predicted octanol–water partition coefficient (Wildman–Crippen LogP) is 6.20. The molecule has 4 heteroatoms. The molecule has 0 heterocycles. The molecule has 0 aromatic carbocycles. The number of rotatable bonds is 9. The Kier molecular flexibility index (Phi) is 7.34. The molecular formula is C24H50BP3. The minimum Gasteiger partial charge on any atom is -0.124 e. The monoisotopic (exact) mass is 442 g/mol.